The van der Waals surface area contributed by atoms with Crippen molar-refractivity contribution in [3.8, 4) is 0 Å². The predicted octanol–water partition coefficient (Wildman–Crippen LogP) is 3.39. The Kier molecular flexibility index (Phi) is 3.19. The van der Waals surface area contributed by atoms with E-state index in [-0.39, 0.29) is 0 Å². The van der Waals surface area contributed by atoms with Crippen LogP contribution < -0.4 is 4.90 Å². The van der Waals surface area contributed by atoms with Crippen LogP contribution in [0.25, 0.3) is 11.0 Å². The first-order valence-electron chi connectivity index (χ1n) is 7.54. The van der Waals surface area contributed by atoms with Gasteiger partial charge < -0.3 is 9.88 Å². The number of aromatic amines is 1. The van der Waals surface area contributed by atoms with Gasteiger partial charge in [-0.25, -0.2) is 9.97 Å². The molecular formula is C16H24N4. The van der Waals surface area contributed by atoms with Gasteiger partial charge >= 0.3 is 0 Å². The number of anilines is 1. The summed E-state index contributed by atoms with van der Waals surface area (Å²) in [5, 5.41) is 1.21. The Morgan fingerprint density at radius 1 is 1.30 bits per heavy atom. The fourth-order valence-corrected chi connectivity index (χ4v) is 3.27. The van der Waals surface area contributed by atoms with Crippen molar-refractivity contribution in [1.29, 1.82) is 0 Å². The molecule has 3 heterocycles. The van der Waals surface area contributed by atoms with Crippen LogP contribution in [0.5, 0.6) is 0 Å². The summed E-state index contributed by atoms with van der Waals surface area (Å²) in [6.07, 6.45) is 6.03. The normalized spacial score (nSPS) is 16.7. The molecule has 0 spiro atoms. The van der Waals surface area contributed by atoms with Gasteiger partial charge in [-0.05, 0) is 29.7 Å². The molecule has 1 aliphatic rings. The van der Waals surface area contributed by atoms with Crippen molar-refractivity contribution in [2.75, 3.05) is 18.0 Å². The van der Waals surface area contributed by atoms with Gasteiger partial charge in [0, 0.05) is 19.3 Å². The van der Waals surface area contributed by atoms with Gasteiger partial charge in [-0.3, -0.25) is 0 Å². The van der Waals surface area contributed by atoms with Gasteiger partial charge in [0.2, 0.25) is 0 Å². The molecule has 0 amide bonds. The molecule has 0 aliphatic carbocycles. The quantitative estimate of drug-likeness (QED) is 0.931. The first-order valence-corrected chi connectivity index (χ1v) is 7.54. The number of hydrogen-bond acceptors (Lipinski definition) is 3. The SMILES string of the molecule is CCc1c[nH]c2ncnc(N3CC(CC(C)(C)C)C3)c12. The molecule has 2 aromatic heterocycles. The van der Waals surface area contributed by atoms with Crippen molar-refractivity contribution >= 4 is 16.9 Å². The first-order chi connectivity index (χ1) is 9.48. The Morgan fingerprint density at radius 2 is 2.05 bits per heavy atom. The van der Waals surface area contributed by atoms with Crippen LogP contribution in [0.3, 0.4) is 0 Å². The first kappa shape index (κ1) is 13.4. The maximum absolute atomic E-state index is 4.54. The summed E-state index contributed by atoms with van der Waals surface area (Å²) in [4.78, 5) is 14.5. The summed E-state index contributed by atoms with van der Waals surface area (Å²) in [6.45, 7) is 11.4. The third-order valence-corrected chi connectivity index (χ3v) is 4.07. The van der Waals surface area contributed by atoms with Gasteiger partial charge in [0.05, 0.1) is 5.39 Å². The van der Waals surface area contributed by atoms with E-state index in [0.29, 0.717) is 5.41 Å². The van der Waals surface area contributed by atoms with E-state index < -0.39 is 0 Å². The van der Waals surface area contributed by atoms with E-state index in [1.165, 1.54) is 17.4 Å². The summed E-state index contributed by atoms with van der Waals surface area (Å²) in [7, 11) is 0. The van der Waals surface area contributed by atoms with Crippen LogP contribution in [-0.2, 0) is 6.42 Å². The summed E-state index contributed by atoms with van der Waals surface area (Å²) in [5.41, 5.74) is 2.70. The molecule has 1 saturated heterocycles. The van der Waals surface area contributed by atoms with E-state index >= 15 is 0 Å². The maximum atomic E-state index is 4.54. The highest BCUT2D eigenvalue weighted by molar-refractivity contribution is 5.91. The summed E-state index contributed by atoms with van der Waals surface area (Å²) < 4.78 is 0. The molecule has 0 unspecified atom stereocenters. The largest absolute Gasteiger partial charge is 0.355 e. The second kappa shape index (κ2) is 4.76. The third kappa shape index (κ3) is 2.39. The second-order valence-electron chi connectivity index (χ2n) is 7.12. The molecule has 108 valence electrons. The third-order valence-electron chi connectivity index (χ3n) is 4.07. The molecule has 3 rings (SSSR count). The van der Waals surface area contributed by atoms with Crippen molar-refractivity contribution in [1.82, 2.24) is 15.0 Å². The summed E-state index contributed by atoms with van der Waals surface area (Å²) >= 11 is 0. The molecule has 0 aromatic carbocycles. The molecule has 0 saturated carbocycles. The molecular weight excluding hydrogens is 248 g/mol. The fraction of sp³-hybridized carbons (Fsp3) is 0.625. The fourth-order valence-electron chi connectivity index (χ4n) is 3.27. The van der Waals surface area contributed by atoms with Crippen LogP contribution in [0, 0.1) is 11.3 Å². The zero-order valence-electron chi connectivity index (χ0n) is 12.9. The van der Waals surface area contributed by atoms with Crippen molar-refractivity contribution < 1.29 is 0 Å². The van der Waals surface area contributed by atoms with Crippen LogP contribution in [0.1, 0.15) is 39.7 Å². The minimum absolute atomic E-state index is 0.417. The van der Waals surface area contributed by atoms with E-state index in [0.717, 1.165) is 36.9 Å². The average molecular weight is 272 g/mol. The molecule has 2 aromatic rings. The van der Waals surface area contributed by atoms with Crippen LogP contribution >= 0.6 is 0 Å². The number of fused-ring (bicyclic) bond motifs is 1. The number of nitrogens with one attached hydrogen (secondary N) is 1. The van der Waals surface area contributed by atoms with Gasteiger partial charge in [-0.15, -0.1) is 0 Å². The molecule has 0 atom stereocenters. The van der Waals surface area contributed by atoms with Gasteiger partial charge in [-0.1, -0.05) is 27.7 Å². The van der Waals surface area contributed by atoms with Crippen molar-refractivity contribution in [2.45, 2.75) is 40.5 Å². The number of rotatable bonds is 3. The number of hydrogen-bond donors (Lipinski definition) is 1. The Balaban J connectivity index is 1.81. The molecule has 1 fully saturated rings. The van der Waals surface area contributed by atoms with E-state index in [9.17, 15) is 0 Å². The molecule has 20 heavy (non-hydrogen) atoms. The van der Waals surface area contributed by atoms with Crippen molar-refractivity contribution in [3.05, 3.63) is 18.1 Å². The molecule has 0 bridgehead atoms. The predicted molar refractivity (Wildman–Crippen MR) is 83.0 cm³/mol. The molecule has 1 N–H and O–H groups in total. The number of nitrogens with zero attached hydrogens (tertiary/aromatic N) is 3. The topological polar surface area (TPSA) is 44.8 Å². The standard InChI is InChI=1S/C16H24N4/c1-5-12-7-17-14-13(12)15(19-10-18-14)20-8-11(9-20)6-16(2,3)4/h7,10-11H,5-6,8-9H2,1-4H3,(H,17,18,19). The summed E-state index contributed by atoms with van der Waals surface area (Å²) in [5.74, 6) is 1.90. The van der Waals surface area contributed by atoms with Crippen LogP contribution in [-0.4, -0.2) is 28.0 Å². The lowest BCUT2D eigenvalue weighted by Gasteiger charge is -2.43. The van der Waals surface area contributed by atoms with Gasteiger partial charge in [0.25, 0.3) is 0 Å². The highest BCUT2D eigenvalue weighted by atomic mass is 15.2. The van der Waals surface area contributed by atoms with Crippen LogP contribution in [0.4, 0.5) is 5.82 Å². The highest BCUT2D eigenvalue weighted by Crippen LogP contribution is 2.35. The number of aromatic nitrogens is 3. The van der Waals surface area contributed by atoms with Gasteiger partial charge in [0.1, 0.15) is 17.8 Å². The smallest absolute Gasteiger partial charge is 0.143 e. The summed E-state index contributed by atoms with van der Waals surface area (Å²) in [6, 6.07) is 0. The lowest BCUT2D eigenvalue weighted by molar-refractivity contribution is 0.256. The molecule has 0 radical (unpaired) electrons. The Labute approximate surface area is 120 Å². The van der Waals surface area contributed by atoms with E-state index in [4.69, 9.17) is 0 Å². The van der Waals surface area contributed by atoms with Gasteiger partial charge in [-0.2, -0.15) is 0 Å². The lowest BCUT2D eigenvalue weighted by Crippen LogP contribution is -2.48. The Hall–Kier alpha value is -1.58. The minimum atomic E-state index is 0.417. The highest BCUT2D eigenvalue weighted by Gasteiger charge is 2.32. The zero-order chi connectivity index (χ0) is 14.3. The van der Waals surface area contributed by atoms with Crippen molar-refractivity contribution in [2.24, 2.45) is 11.3 Å². The van der Waals surface area contributed by atoms with Gasteiger partial charge in [0.15, 0.2) is 0 Å². The number of H-pyrrole nitrogens is 1. The zero-order valence-corrected chi connectivity index (χ0v) is 12.9. The van der Waals surface area contributed by atoms with Crippen molar-refractivity contribution in [3.63, 3.8) is 0 Å². The van der Waals surface area contributed by atoms with Crippen LogP contribution in [0.15, 0.2) is 12.5 Å². The monoisotopic (exact) mass is 272 g/mol. The van der Waals surface area contributed by atoms with Crippen LogP contribution in [0.2, 0.25) is 0 Å². The molecule has 4 heteroatoms. The van der Waals surface area contributed by atoms with E-state index in [1.807, 2.05) is 0 Å². The molecule has 1 aliphatic heterocycles. The Morgan fingerprint density at radius 3 is 2.70 bits per heavy atom. The number of aryl methyl sites for hydroxylation is 1. The average Bonchev–Trinajstić information content (AvgIpc) is 2.75. The minimum Gasteiger partial charge on any atom is -0.355 e. The van der Waals surface area contributed by atoms with E-state index in [2.05, 4.69) is 53.7 Å². The van der Waals surface area contributed by atoms with E-state index in [1.54, 1.807) is 6.33 Å². The Bertz CT molecular complexity index is 602. The lowest BCUT2D eigenvalue weighted by atomic mass is 9.81. The second-order valence-corrected chi connectivity index (χ2v) is 7.12. The molecule has 4 nitrogen and oxygen atoms in total. The maximum Gasteiger partial charge on any atom is 0.143 e.